The van der Waals surface area contributed by atoms with E-state index in [2.05, 4.69) is 51.1 Å². The number of rotatable bonds is 4. The van der Waals surface area contributed by atoms with E-state index < -0.39 is 5.60 Å². The maximum Gasteiger partial charge on any atom is 0.0680 e. The topological polar surface area (TPSA) is 20.2 Å². The molecule has 112 valence electrons. The molecule has 0 aromatic heterocycles. The minimum Gasteiger partial charge on any atom is -0.390 e. The highest BCUT2D eigenvalue weighted by Gasteiger charge is 2.44. The molecule has 0 amide bonds. The zero-order valence-electron chi connectivity index (χ0n) is 13.4. The van der Waals surface area contributed by atoms with Gasteiger partial charge in [-0.2, -0.15) is 0 Å². The van der Waals surface area contributed by atoms with Crippen LogP contribution in [0.4, 0.5) is 0 Å². The van der Waals surface area contributed by atoms with Crippen molar-refractivity contribution in [2.45, 2.75) is 71.3 Å². The van der Waals surface area contributed by atoms with E-state index in [0.717, 1.165) is 25.7 Å². The lowest BCUT2D eigenvalue weighted by molar-refractivity contribution is -0.0957. The zero-order valence-corrected chi connectivity index (χ0v) is 13.4. The molecule has 0 saturated heterocycles. The molecule has 1 saturated carbocycles. The molecule has 1 fully saturated rings. The Morgan fingerprint density at radius 1 is 1.15 bits per heavy atom. The van der Waals surface area contributed by atoms with Gasteiger partial charge in [0.25, 0.3) is 0 Å². The molecule has 0 heterocycles. The lowest BCUT2D eigenvalue weighted by Crippen LogP contribution is -2.46. The van der Waals surface area contributed by atoms with Gasteiger partial charge in [0.05, 0.1) is 5.60 Å². The third-order valence-electron chi connectivity index (χ3n) is 4.96. The third kappa shape index (κ3) is 3.85. The molecule has 2 unspecified atom stereocenters. The van der Waals surface area contributed by atoms with Crippen molar-refractivity contribution in [3.63, 3.8) is 0 Å². The number of benzene rings is 1. The molecule has 20 heavy (non-hydrogen) atoms. The van der Waals surface area contributed by atoms with Crippen LogP contribution in [0.5, 0.6) is 0 Å². The summed E-state index contributed by atoms with van der Waals surface area (Å²) < 4.78 is 0. The van der Waals surface area contributed by atoms with Crippen LogP contribution in [0.25, 0.3) is 0 Å². The number of aryl methyl sites for hydroxylation is 1. The van der Waals surface area contributed by atoms with Gasteiger partial charge in [0.15, 0.2) is 0 Å². The van der Waals surface area contributed by atoms with Gasteiger partial charge in [-0.1, -0.05) is 63.9 Å². The predicted octanol–water partition coefficient (Wildman–Crippen LogP) is 4.98. The minimum atomic E-state index is -0.439. The van der Waals surface area contributed by atoms with E-state index in [-0.39, 0.29) is 5.41 Å². The van der Waals surface area contributed by atoms with E-state index >= 15 is 0 Å². The van der Waals surface area contributed by atoms with Gasteiger partial charge in [0, 0.05) is 0 Å². The van der Waals surface area contributed by atoms with Crippen molar-refractivity contribution in [1.82, 2.24) is 0 Å². The van der Waals surface area contributed by atoms with Gasteiger partial charge in [-0.3, -0.25) is 0 Å². The van der Waals surface area contributed by atoms with Crippen molar-refractivity contribution >= 4 is 0 Å². The van der Waals surface area contributed by atoms with Crippen LogP contribution in [-0.4, -0.2) is 10.7 Å². The number of hydrogen-bond donors (Lipinski definition) is 1. The first-order chi connectivity index (χ1) is 9.42. The maximum absolute atomic E-state index is 11.1. The molecule has 1 N–H and O–H groups in total. The summed E-state index contributed by atoms with van der Waals surface area (Å²) >= 11 is 0. The molecule has 2 atom stereocenters. The van der Waals surface area contributed by atoms with Gasteiger partial charge in [-0.15, -0.1) is 0 Å². The highest BCUT2D eigenvalue weighted by Crippen LogP contribution is 2.46. The fourth-order valence-electron chi connectivity index (χ4n) is 4.00. The molecular formula is C19H30O. The van der Waals surface area contributed by atoms with Crippen molar-refractivity contribution in [3.8, 4) is 0 Å². The largest absolute Gasteiger partial charge is 0.390 e. The fourth-order valence-corrected chi connectivity index (χ4v) is 4.00. The van der Waals surface area contributed by atoms with Gasteiger partial charge < -0.3 is 5.11 Å². The Hall–Kier alpha value is -0.820. The Morgan fingerprint density at radius 3 is 2.50 bits per heavy atom. The highest BCUT2D eigenvalue weighted by molar-refractivity contribution is 5.14. The van der Waals surface area contributed by atoms with Crippen LogP contribution in [0.2, 0.25) is 0 Å². The SMILES string of the molecule is CC(C)(C)C1CCCCC1(O)CCCc1ccccc1. The Balaban J connectivity index is 1.94. The van der Waals surface area contributed by atoms with Gasteiger partial charge >= 0.3 is 0 Å². The summed E-state index contributed by atoms with van der Waals surface area (Å²) in [4.78, 5) is 0. The van der Waals surface area contributed by atoms with Crippen molar-refractivity contribution in [1.29, 1.82) is 0 Å². The minimum absolute atomic E-state index is 0.210. The van der Waals surface area contributed by atoms with Gasteiger partial charge in [-0.25, -0.2) is 0 Å². The Labute approximate surface area is 124 Å². The lowest BCUT2D eigenvalue weighted by Gasteiger charge is -2.47. The van der Waals surface area contributed by atoms with Crippen LogP contribution in [0, 0.1) is 11.3 Å². The van der Waals surface area contributed by atoms with E-state index in [1.165, 1.54) is 24.8 Å². The lowest BCUT2D eigenvalue weighted by atomic mass is 9.62. The average Bonchev–Trinajstić information content (AvgIpc) is 2.39. The summed E-state index contributed by atoms with van der Waals surface area (Å²) in [6.07, 6.45) is 7.77. The first kappa shape index (κ1) is 15.6. The first-order valence-corrected chi connectivity index (χ1v) is 8.18. The maximum atomic E-state index is 11.1. The smallest absolute Gasteiger partial charge is 0.0680 e. The van der Waals surface area contributed by atoms with Crippen molar-refractivity contribution < 1.29 is 5.11 Å². The summed E-state index contributed by atoms with van der Waals surface area (Å²) in [5.41, 5.74) is 1.16. The molecule has 1 aromatic rings. The van der Waals surface area contributed by atoms with E-state index in [1.54, 1.807) is 0 Å². The van der Waals surface area contributed by atoms with Gasteiger partial charge in [-0.05, 0) is 49.0 Å². The van der Waals surface area contributed by atoms with Gasteiger partial charge in [0.2, 0.25) is 0 Å². The average molecular weight is 274 g/mol. The second-order valence-corrected chi connectivity index (χ2v) is 7.61. The summed E-state index contributed by atoms with van der Waals surface area (Å²) in [6, 6.07) is 10.6. The second kappa shape index (κ2) is 6.30. The van der Waals surface area contributed by atoms with Gasteiger partial charge in [0.1, 0.15) is 0 Å². The van der Waals surface area contributed by atoms with Crippen molar-refractivity contribution in [2.75, 3.05) is 0 Å². The monoisotopic (exact) mass is 274 g/mol. The summed E-state index contributed by atoms with van der Waals surface area (Å²) in [5, 5.41) is 11.1. The van der Waals surface area contributed by atoms with Crippen molar-refractivity contribution in [2.24, 2.45) is 11.3 Å². The Kier molecular flexibility index (Phi) is 4.90. The van der Waals surface area contributed by atoms with Crippen LogP contribution < -0.4 is 0 Å². The van der Waals surface area contributed by atoms with Crippen LogP contribution in [0.15, 0.2) is 30.3 Å². The van der Waals surface area contributed by atoms with Crippen LogP contribution in [-0.2, 0) is 6.42 Å². The molecule has 1 aliphatic carbocycles. The van der Waals surface area contributed by atoms with E-state index in [0.29, 0.717) is 5.92 Å². The third-order valence-corrected chi connectivity index (χ3v) is 4.96. The molecule has 0 bridgehead atoms. The Morgan fingerprint density at radius 2 is 1.85 bits per heavy atom. The quantitative estimate of drug-likeness (QED) is 0.821. The summed E-state index contributed by atoms with van der Waals surface area (Å²) in [7, 11) is 0. The second-order valence-electron chi connectivity index (χ2n) is 7.61. The van der Waals surface area contributed by atoms with Crippen molar-refractivity contribution in [3.05, 3.63) is 35.9 Å². The van der Waals surface area contributed by atoms with Crippen LogP contribution >= 0.6 is 0 Å². The molecular weight excluding hydrogens is 244 g/mol. The number of hydrogen-bond acceptors (Lipinski definition) is 1. The molecule has 1 nitrogen and oxygen atoms in total. The molecule has 1 heteroatoms. The molecule has 0 radical (unpaired) electrons. The predicted molar refractivity (Wildman–Crippen MR) is 85.7 cm³/mol. The highest BCUT2D eigenvalue weighted by atomic mass is 16.3. The first-order valence-electron chi connectivity index (χ1n) is 8.18. The van der Waals surface area contributed by atoms with Crippen LogP contribution in [0.1, 0.15) is 64.9 Å². The normalized spacial score (nSPS) is 27.5. The fraction of sp³-hybridized carbons (Fsp3) is 0.684. The van der Waals surface area contributed by atoms with Crippen LogP contribution in [0.3, 0.4) is 0 Å². The number of aliphatic hydroxyl groups is 1. The molecule has 0 spiro atoms. The van der Waals surface area contributed by atoms with E-state index in [4.69, 9.17) is 0 Å². The zero-order chi connectivity index (χ0) is 14.6. The van der Waals surface area contributed by atoms with E-state index in [9.17, 15) is 5.11 Å². The molecule has 0 aliphatic heterocycles. The molecule has 1 aliphatic rings. The summed E-state index contributed by atoms with van der Waals surface area (Å²) in [6.45, 7) is 6.85. The molecule has 1 aromatic carbocycles. The standard InChI is InChI=1S/C19H30O/c1-18(2,3)17-13-7-8-14-19(17,20)15-9-12-16-10-5-4-6-11-16/h4-6,10-11,17,20H,7-9,12-15H2,1-3H3. The molecule has 2 rings (SSSR count). The van der Waals surface area contributed by atoms with E-state index in [1.807, 2.05) is 0 Å². The summed E-state index contributed by atoms with van der Waals surface area (Å²) in [5.74, 6) is 0.444. The Bertz CT molecular complexity index is 404.